The minimum Gasteiger partial charge on any atom is -0.388 e. The standard InChI is InChI=1S/C28H38FN5/c1-7-12-33-14-16-34(17-15-33)13-11-31-21(4)28-20(3)27(32-22(28)5)18-23(8-2)25-19-24(29)9-10-26(25)30-6/h7-10,18-19,30-32H,1-2,4,11-17H2,3,5-6H3/b23-18+. The topological polar surface area (TPSA) is 46.3 Å². The monoisotopic (exact) mass is 463 g/mol. The van der Waals surface area contributed by atoms with Crippen molar-refractivity contribution in [2.45, 2.75) is 13.8 Å². The van der Waals surface area contributed by atoms with Crippen LogP contribution in [0.25, 0.3) is 17.3 Å². The number of rotatable bonds is 11. The van der Waals surface area contributed by atoms with Crippen molar-refractivity contribution in [2.75, 3.05) is 58.2 Å². The van der Waals surface area contributed by atoms with Gasteiger partial charge in [-0.15, -0.1) is 6.58 Å². The third kappa shape index (κ3) is 6.07. The van der Waals surface area contributed by atoms with Crippen LogP contribution in [0.1, 0.15) is 28.1 Å². The van der Waals surface area contributed by atoms with Gasteiger partial charge in [-0.2, -0.15) is 0 Å². The number of aromatic amines is 1. The number of aromatic nitrogens is 1. The second-order valence-electron chi connectivity index (χ2n) is 8.74. The Morgan fingerprint density at radius 2 is 1.85 bits per heavy atom. The van der Waals surface area contributed by atoms with Crippen LogP contribution in [0, 0.1) is 19.7 Å². The number of hydrogen-bond donors (Lipinski definition) is 3. The van der Waals surface area contributed by atoms with E-state index < -0.39 is 0 Å². The molecule has 1 aromatic carbocycles. The number of aryl methyl sites for hydroxylation is 1. The molecule has 1 aliphatic heterocycles. The van der Waals surface area contributed by atoms with Crippen LogP contribution in [0.5, 0.6) is 0 Å². The maximum atomic E-state index is 14.0. The molecular weight excluding hydrogens is 425 g/mol. The minimum absolute atomic E-state index is 0.276. The number of nitrogens with zero attached hydrogens (tertiary/aromatic N) is 2. The van der Waals surface area contributed by atoms with Crippen LogP contribution in [-0.2, 0) is 0 Å². The van der Waals surface area contributed by atoms with Crippen LogP contribution in [0.3, 0.4) is 0 Å². The summed E-state index contributed by atoms with van der Waals surface area (Å²) in [5.74, 6) is -0.276. The molecule has 0 amide bonds. The Hall–Kier alpha value is -3.09. The van der Waals surface area contributed by atoms with Gasteiger partial charge in [0.2, 0.25) is 0 Å². The molecule has 2 aromatic rings. The van der Waals surface area contributed by atoms with Crippen molar-refractivity contribution in [3.05, 3.63) is 84.0 Å². The Labute approximate surface area is 203 Å². The summed E-state index contributed by atoms with van der Waals surface area (Å²) < 4.78 is 14.0. The molecule has 5 nitrogen and oxygen atoms in total. The SMILES string of the molecule is C=CCN1CCN(CCNC(=C)c2c(C)[nH]c(/C=C(\C=C)c3cc(F)ccc3NC)c2C)CC1. The lowest BCUT2D eigenvalue weighted by Gasteiger charge is -2.34. The first-order valence-electron chi connectivity index (χ1n) is 11.9. The second kappa shape index (κ2) is 11.9. The van der Waals surface area contributed by atoms with Gasteiger partial charge in [0.25, 0.3) is 0 Å². The van der Waals surface area contributed by atoms with Gasteiger partial charge in [-0.25, -0.2) is 4.39 Å². The van der Waals surface area contributed by atoms with Crippen molar-refractivity contribution >= 4 is 23.0 Å². The molecule has 0 unspecified atom stereocenters. The van der Waals surface area contributed by atoms with Crippen LogP contribution >= 0.6 is 0 Å². The minimum atomic E-state index is -0.276. The van der Waals surface area contributed by atoms with E-state index in [4.69, 9.17) is 0 Å². The van der Waals surface area contributed by atoms with E-state index in [2.05, 4.69) is 59.0 Å². The van der Waals surface area contributed by atoms with E-state index in [1.807, 2.05) is 19.2 Å². The highest BCUT2D eigenvalue weighted by Gasteiger charge is 2.17. The Kier molecular flexibility index (Phi) is 8.91. The zero-order chi connectivity index (χ0) is 24.7. The van der Waals surface area contributed by atoms with E-state index >= 15 is 0 Å². The van der Waals surface area contributed by atoms with E-state index in [0.717, 1.165) is 90.8 Å². The molecule has 1 aromatic heterocycles. The summed E-state index contributed by atoms with van der Waals surface area (Å²) in [6.45, 7) is 23.4. The molecule has 0 spiro atoms. The van der Waals surface area contributed by atoms with Gasteiger partial charge in [0.15, 0.2) is 0 Å². The lowest BCUT2D eigenvalue weighted by molar-refractivity contribution is 0.144. The molecule has 0 saturated carbocycles. The molecule has 0 aliphatic carbocycles. The van der Waals surface area contributed by atoms with Crippen molar-refractivity contribution < 1.29 is 4.39 Å². The van der Waals surface area contributed by atoms with Gasteiger partial charge in [-0.3, -0.25) is 9.80 Å². The molecule has 3 rings (SSSR count). The first-order chi connectivity index (χ1) is 16.4. The van der Waals surface area contributed by atoms with Gasteiger partial charge < -0.3 is 15.6 Å². The summed E-state index contributed by atoms with van der Waals surface area (Å²) in [5, 5.41) is 6.65. The van der Waals surface area contributed by atoms with Gasteiger partial charge >= 0.3 is 0 Å². The number of H-pyrrole nitrogens is 1. The Morgan fingerprint density at radius 3 is 2.50 bits per heavy atom. The summed E-state index contributed by atoms with van der Waals surface area (Å²) in [4.78, 5) is 8.39. The predicted molar refractivity (Wildman–Crippen MR) is 144 cm³/mol. The van der Waals surface area contributed by atoms with E-state index in [1.165, 1.54) is 12.1 Å². The van der Waals surface area contributed by atoms with Gasteiger partial charge in [0.05, 0.1) is 0 Å². The van der Waals surface area contributed by atoms with Crippen molar-refractivity contribution in [3.8, 4) is 0 Å². The molecule has 0 atom stereocenters. The highest BCUT2D eigenvalue weighted by molar-refractivity contribution is 5.92. The highest BCUT2D eigenvalue weighted by Crippen LogP contribution is 2.30. The Balaban J connectivity index is 1.69. The van der Waals surface area contributed by atoms with Crippen LogP contribution in [0.2, 0.25) is 0 Å². The van der Waals surface area contributed by atoms with Crippen molar-refractivity contribution in [1.82, 2.24) is 20.1 Å². The lowest BCUT2D eigenvalue weighted by atomic mass is 10.0. The largest absolute Gasteiger partial charge is 0.388 e. The fourth-order valence-corrected chi connectivity index (χ4v) is 4.58. The zero-order valence-corrected chi connectivity index (χ0v) is 20.8. The summed E-state index contributed by atoms with van der Waals surface area (Å²) in [6.07, 6.45) is 5.75. The first-order valence-corrected chi connectivity index (χ1v) is 11.9. The number of allylic oxidation sites excluding steroid dienone is 2. The van der Waals surface area contributed by atoms with Crippen LogP contribution in [0.4, 0.5) is 10.1 Å². The normalized spacial score (nSPS) is 15.2. The Morgan fingerprint density at radius 1 is 1.15 bits per heavy atom. The third-order valence-corrected chi connectivity index (χ3v) is 6.48. The fraction of sp³-hybridized carbons (Fsp3) is 0.357. The quantitative estimate of drug-likeness (QED) is 0.328. The lowest BCUT2D eigenvalue weighted by Crippen LogP contribution is -2.47. The van der Waals surface area contributed by atoms with Gasteiger partial charge in [-0.05, 0) is 49.3 Å². The molecule has 0 radical (unpaired) electrons. The van der Waals surface area contributed by atoms with E-state index in [9.17, 15) is 4.39 Å². The van der Waals surface area contributed by atoms with Gasteiger partial charge in [0.1, 0.15) is 5.82 Å². The van der Waals surface area contributed by atoms with E-state index in [1.54, 1.807) is 12.1 Å². The van der Waals surface area contributed by atoms with Crippen LogP contribution < -0.4 is 10.6 Å². The number of anilines is 1. The maximum absolute atomic E-state index is 14.0. The molecule has 6 heteroatoms. The molecule has 1 fully saturated rings. The van der Waals surface area contributed by atoms with E-state index in [-0.39, 0.29) is 5.82 Å². The smallest absolute Gasteiger partial charge is 0.123 e. The summed E-state index contributed by atoms with van der Waals surface area (Å²) in [6, 6.07) is 4.73. The number of benzene rings is 1. The average molecular weight is 464 g/mol. The van der Waals surface area contributed by atoms with Crippen molar-refractivity contribution in [3.63, 3.8) is 0 Å². The summed E-state index contributed by atoms with van der Waals surface area (Å²) >= 11 is 0. The predicted octanol–water partition coefficient (Wildman–Crippen LogP) is 4.90. The maximum Gasteiger partial charge on any atom is 0.123 e. The second-order valence-corrected chi connectivity index (χ2v) is 8.74. The van der Waals surface area contributed by atoms with Crippen LogP contribution in [0.15, 0.2) is 50.1 Å². The fourth-order valence-electron chi connectivity index (χ4n) is 4.58. The number of piperazine rings is 1. The molecular formula is C28H38FN5. The zero-order valence-electron chi connectivity index (χ0n) is 20.8. The molecule has 3 N–H and O–H groups in total. The average Bonchev–Trinajstić information content (AvgIpc) is 3.11. The van der Waals surface area contributed by atoms with Crippen LogP contribution in [-0.4, -0.2) is 67.6 Å². The molecule has 2 heterocycles. The van der Waals surface area contributed by atoms with Crippen molar-refractivity contribution in [2.24, 2.45) is 0 Å². The Bertz CT molecular complexity index is 1060. The third-order valence-electron chi connectivity index (χ3n) is 6.48. The highest BCUT2D eigenvalue weighted by atomic mass is 19.1. The molecule has 34 heavy (non-hydrogen) atoms. The van der Waals surface area contributed by atoms with Crippen molar-refractivity contribution in [1.29, 1.82) is 0 Å². The van der Waals surface area contributed by atoms with E-state index in [0.29, 0.717) is 0 Å². The summed E-state index contributed by atoms with van der Waals surface area (Å²) in [7, 11) is 1.83. The molecule has 182 valence electrons. The number of nitrogens with one attached hydrogen (secondary N) is 3. The number of hydrogen-bond acceptors (Lipinski definition) is 4. The summed E-state index contributed by atoms with van der Waals surface area (Å²) in [5.41, 5.74) is 7.60. The number of halogens is 1. The molecule has 1 aliphatic rings. The first kappa shape index (κ1) is 25.5. The van der Waals surface area contributed by atoms with Gasteiger partial charge in [0, 0.05) is 86.8 Å². The molecule has 0 bridgehead atoms. The van der Waals surface area contributed by atoms with Gasteiger partial charge in [-0.1, -0.05) is 25.3 Å². The molecule has 1 saturated heterocycles.